The SMILES string of the molecule is B.B.B.[AlH3].[HH]. The maximum atomic E-state index is 0. The van der Waals surface area contributed by atoms with Crippen LogP contribution in [0.1, 0.15) is 1.43 Å². The summed E-state index contributed by atoms with van der Waals surface area (Å²) in [5.74, 6) is 0. The molecular weight excluding hydrogens is 59.4 g/mol. The molecule has 4 heteroatoms. The quantitative estimate of drug-likeness (QED) is 0.254. The monoisotopic (exact) mass is 74.1 g/mol. The van der Waals surface area contributed by atoms with Gasteiger partial charge in [0.25, 0.3) is 0 Å². The Bertz CT molecular complexity index is 6.85. The molecule has 0 aliphatic heterocycles. The van der Waals surface area contributed by atoms with Gasteiger partial charge in [-0.15, -0.1) is 0 Å². The first kappa shape index (κ1) is 124. The van der Waals surface area contributed by atoms with Gasteiger partial charge in [0, 0.05) is 1.43 Å². The van der Waals surface area contributed by atoms with Crippen LogP contribution in [0.5, 0.6) is 0 Å². The van der Waals surface area contributed by atoms with Gasteiger partial charge in [-0.2, -0.15) is 0 Å². The van der Waals surface area contributed by atoms with Crippen LogP contribution < -0.4 is 0 Å². The van der Waals surface area contributed by atoms with Crippen molar-refractivity contribution in [1.29, 1.82) is 0 Å². The molecule has 0 aromatic rings. The zero-order valence-electron chi connectivity index (χ0n) is 0. The molecular formula is H14AlB3. The molecule has 0 atom stereocenters. The van der Waals surface area contributed by atoms with Crippen LogP contribution in [0.2, 0.25) is 0 Å². The van der Waals surface area contributed by atoms with E-state index < -0.39 is 0 Å². The van der Waals surface area contributed by atoms with E-state index in [2.05, 4.69) is 0 Å². The van der Waals surface area contributed by atoms with Gasteiger partial charge in [-0.3, -0.25) is 0 Å². The molecule has 0 aromatic heterocycles. The standard InChI is InChI=1S/Al.3BH3.H2.3H/h;3*1H3;1H;;;. The Hall–Kier alpha value is 0.727. The van der Waals surface area contributed by atoms with Gasteiger partial charge in [-0.25, -0.2) is 0 Å². The van der Waals surface area contributed by atoms with Crippen LogP contribution in [0.4, 0.5) is 0 Å². The molecule has 4 heavy (non-hydrogen) atoms. The van der Waals surface area contributed by atoms with Crippen molar-refractivity contribution in [3.8, 4) is 0 Å². The molecule has 0 unspecified atom stereocenters. The molecule has 0 fully saturated rings. The Morgan fingerprint density at radius 1 is 0.750 bits per heavy atom. The van der Waals surface area contributed by atoms with Crippen molar-refractivity contribution < 1.29 is 1.43 Å². The minimum Gasteiger partial charge on any atom is 0 e. The summed E-state index contributed by atoms with van der Waals surface area (Å²) in [6.07, 6.45) is 0. The van der Waals surface area contributed by atoms with E-state index in [1.807, 2.05) is 0 Å². The Labute approximate surface area is 44.7 Å². The van der Waals surface area contributed by atoms with E-state index in [0.29, 0.717) is 0 Å². The van der Waals surface area contributed by atoms with Crippen molar-refractivity contribution >= 4 is 42.6 Å². The average molecular weight is 73.5 g/mol. The van der Waals surface area contributed by atoms with Gasteiger partial charge in [0.2, 0.25) is 0 Å². The van der Waals surface area contributed by atoms with E-state index in [4.69, 9.17) is 0 Å². The number of rotatable bonds is 0. The van der Waals surface area contributed by atoms with E-state index in [-0.39, 0.29) is 44.0 Å². The van der Waals surface area contributed by atoms with E-state index >= 15 is 0 Å². The first-order valence-corrected chi connectivity index (χ1v) is 0. The van der Waals surface area contributed by atoms with E-state index in [1.54, 1.807) is 0 Å². The summed E-state index contributed by atoms with van der Waals surface area (Å²) in [6, 6.07) is 0. The molecule has 0 N–H and O–H groups in total. The highest BCUT2D eigenvalue weighted by atomic mass is 27.0. The second-order valence-corrected chi connectivity index (χ2v) is 0. The molecule has 0 aromatic carbocycles. The molecule has 0 rings (SSSR count). The minimum absolute atomic E-state index is 0. The Balaban J connectivity index is 0. The molecule has 0 bridgehead atoms. The van der Waals surface area contributed by atoms with Gasteiger partial charge >= 0.3 is 0 Å². The van der Waals surface area contributed by atoms with Crippen molar-refractivity contribution in [3.63, 3.8) is 0 Å². The molecule has 0 aliphatic carbocycles. The van der Waals surface area contributed by atoms with Crippen molar-refractivity contribution in [2.24, 2.45) is 0 Å². The highest BCUT2D eigenvalue weighted by molar-refractivity contribution is 5.76. The lowest BCUT2D eigenvalue weighted by Crippen LogP contribution is -0.382. The second-order valence-electron chi connectivity index (χ2n) is 0. The molecule has 26 valence electrons. The fraction of sp³-hybridized carbons (Fsp3) is 0. The zero-order chi connectivity index (χ0) is 0. The molecule has 0 aliphatic rings. The van der Waals surface area contributed by atoms with Crippen LogP contribution in [0.25, 0.3) is 0 Å². The van der Waals surface area contributed by atoms with Crippen molar-refractivity contribution in [2.75, 3.05) is 0 Å². The third-order valence-electron chi connectivity index (χ3n) is 0. The van der Waals surface area contributed by atoms with Gasteiger partial charge in [0.05, 0.1) is 25.2 Å². The highest BCUT2D eigenvalue weighted by Gasteiger charge is 0.187. The summed E-state index contributed by atoms with van der Waals surface area (Å²) in [7, 11) is 0. The fourth-order valence-electron chi connectivity index (χ4n) is 0. The third-order valence-corrected chi connectivity index (χ3v) is 0. The summed E-state index contributed by atoms with van der Waals surface area (Å²) in [5.41, 5.74) is 0. The lowest BCUT2D eigenvalue weighted by Gasteiger charge is 0.0804. The Morgan fingerprint density at radius 2 is 0.750 bits per heavy atom. The predicted octanol–water partition coefficient (Wildman–Crippen LogP) is -4.49. The molecule has 0 saturated heterocycles. The first-order valence-electron chi connectivity index (χ1n) is 0. The van der Waals surface area contributed by atoms with Crippen LogP contribution in [0.3, 0.4) is 0 Å². The van der Waals surface area contributed by atoms with Crippen LogP contribution in [-0.4, -0.2) is 42.6 Å². The minimum atomic E-state index is 0. The molecule has 0 spiro atoms. The predicted molar refractivity (Wildman–Crippen MR) is 41.9 cm³/mol. The smallest absolute Gasteiger partial charge is 0 e. The molecule has 0 amide bonds. The number of hydrogen-bond acceptors (Lipinski definition) is 0. The topological polar surface area (TPSA) is 0 Å². The largest absolute Gasteiger partial charge is 0.187 e. The highest BCUT2D eigenvalue weighted by Crippen LogP contribution is -0.378. The number of hydrogen-bond donors (Lipinski definition) is 0. The van der Waals surface area contributed by atoms with Gasteiger partial charge in [0.1, 0.15) is 0 Å². The zero-order valence-corrected chi connectivity index (χ0v) is 0. The summed E-state index contributed by atoms with van der Waals surface area (Å²) in [6.45, 7) is 0. The maximum absolute atomic E-state index is 0. The van der Waals surface area contributed by atoms with E-state index in [9.17, 15) is 0 Å². The van der Waals surface area contributed by atoms with Gasteiger partial charge < -0.3 is 0 Å². The van der Waals surface area contributed by atoms with Gasteiger partial charge in [0.15, 0.2) is 17.4 Å². The van der Waals surface area contributed by atoms with Crippen molar-refractivity contribution in [2.45, 2.75) is 0 Å². The van der Waals surface area contributed by atoms with Crippen LogP contribution >= 0.6 is 0 Å². The van der Waals surface area contributed by atoms with Crippen LogP contribution in [0.15, 0.2) is 0 Å². The van der Waals surface area contributed by atoms with Crippen molar-refractivity contribution in [3.05, 3.63) is 0 Å². The van der Waals surface area contributed by atoms with Crippen LogP contribution in [0, 0.1) is 0 Å². The molecule has 0 saturated carbocycles. The Morgan fingerprint density at radius 3 is 0.750 bits per heavy atom. The molecule has 0 heterocycles. The Kier molecular flexibility index (Phi) is 1630. The summed E-state index contributed by atoms with van der Waals surface area (Å²) in [5, 5.41) is 0. The molecule has 0 radical (unpaired) electrons. The van der Waals surface area contributed by atoms with Crippen LogP contribution in [-0.2, 0) is 0 Å². The van der Waals surface area contributed by atoms with Crippen molar-refractivity contribution in [1.82, 2.24) is 0 Å². The summed E-state index contributed by atoms with van der Waals surface area (Å²) >= 11 is 0. The summed E-state index contributed by atoms with van der Waals surface area (Å²) in [4.78, 5) is 0. The van der Waals surface area contributed by atoms with Gasteiger partial charge in [-0.1, -0.05) is 0 Å². The second kappa shape index (κ2) is 52.4. The summed E-state index contributed by atoms with van der Waals surface area (Å²) < 4.78 is 0. The third kappa shape index (κ3) is 15.4. The van der Waals surface area contributed by atoms with E-state index in [1.165, 1.54) is 0 Å². The fourth-order valence-corrected chi connectivity index (χ4v) is 0. The van der Waals surface area contributed by atoms with E-state index in [0.717, 1.165) is 0 Å². The average Bonchev–Trinajstić information content (AvgIpc) is 0. The molecule has 0 nitrogen and oxygen atoms in total. The van der Waals surface area contributed by atoms with Gasteiger partial charge in [-0.05, 0) is 0 Å². The maximum Gasteiger partial charge on any atom is 0.187 e. The lowest BCUT2D eigenvalue weighted by molar-refractivity contribution is 5.75. The lowest BCUT2D eigenvalue weighted by atomic mass is 10.8. The first-order chi connectivity index (χ1) is 0. The normalized spacial score (nSPS) is 0.